The van der Waals surface area contributed by atoms with Gasteiger partial charge in [-0.15, -0.1) is 0 Å². The molecule has 0 saturated carbocycles. The lowest BCUT2D eigenvalue weighted by atomic mass is 10.1. The molecule has 0 aliphatic carbocycles. The van der Waals surface area contributed by atoms with Crippen molar-refractivity contribution in [2.24, 2.45) is 5.92 Å². The second kappa shape index (κ2) is 8.20. The number of sulfonamides is 1. The van der Waals surface area contributed by atoms with E-state index in [2.05, 4.69) is 10.0 Å². The number of nitrogens with one attached hydrogen (secondary N) is 2. The number of rotatable bonds is 5. The van der Waals surface area contributed by atoms with Gasteiger partial charge in [-0.05, 0) is 64.1 Å². The van der Waals surface area contributed by atoms with Gasteiger partial charge in [-0.3, -0.25) is 9.59 Å². The first-order chi connectivity index (χ1) is 13.9. The molecule has 1 atom stereocenters. The second-order valence-corrected chi connectivity index (χ2v) is 10.3. The van der Waals surface area contributed by atoms with Crippen molar-refractivity contribution in [1.82, 2.24) is 4.72 Å². The maximum Gasteiger partial charge on any atom is 0.241 e. The molecule has 30 heavy (non-hydrogen) atoms. The first-order valence-corrected chi connectivity index (χ1v) is 11.2. The largest absolute Gasteiger partial charge is 0.326 e. The van der Waals surface area contributed by atoms with Crippen molar-refractivity contribution in [3.63, 3.8) is 0 Å². The highest BCUT2D eigenvalue weighted by Crippen LogP contribution is 2.26. The molecule has 2 amide bonds. The van der Waals surface area contributed by atoms with Crippen LogP contribution in [0.2, 0.25) is 0 Å². The molecule has 3 rings (SSSR count). The van der Waals surface area contributed by atoms with Gasteiger partial charge < -0.3 is 10.2 Å². The van der Waals surface area contributed by atoms with E-state index in [-0.39, 0.29) is 23.1 Å². The Morgan fingerprint density at radius 2 is 1.63 bits per heavy atom. The monoisotopic (exact) mass is 429 g/mol. The predicted molar refractivity (Wildman–Crippen MR) is 117 cm³/mol. The van der Waals surface area contributed by atoms with Gasteiger partial charge in [-0.2, -0.15) is 0 Å². The van der Waals surface area contributed by atoms with Crippen LogP contribution in [0.3, 0.4) is 0 Å². The van der Waals surface area contributed by atoms with E-state index in [0.29, 0.717) is 12.2 Å². The Hall–Kier alpha value is -2.71. The van der Waals surface area contributed by atoms with E-state index in [1.165, 1.54) is 12.1 Å². The Morgan fingerprint density at radius 3 is 2.20 bits per heavy atom. The van der Waals surface area contributed by atoms with Crippen molar-refractivity contribution >= 4 is 33.2 Å². The van der Waals surface area contributed by atoms with E-state index in [4.69, 9.17) is 0 Å². The highest BCUT2D eigenvalue weighted by atomic mass is 32.2. The van der Waals surface area contributed by atoms with Crippen LogP contribution >= 0.6 is 0 Å². The van der Waals surface area contributed by atoms with Crippen LogP contribution in [0.25, 0.3) is 0 Å². The highest BCUT2D eigenvalue weighted by Gasteiger charge is 2.35. The molecule has 1 aliphatic rings. The molecule has 2 N–H and O–H groups in total. The molecule has 0 spiro atoms. The summed E-state index contributed by atoms with van der Waals surface area (Å²) >= 11 is 0. The van der Waals surface area contributed by atoms with Gasteiger partial charge in [0.25, 0.3) is 0 Å². The minimum absolute atomic E-state index is 0.0892. The zero-order chi connectivity index (χ0) is 22.1. The second-order valence-electron chi connectivity index (χ2n) is 8.61. The summed E-state index contributed by atoms with van der Waals surface area (Å²) in [4.78, 5) is 26.8. The van der Waals surface area contributed by atoms with Gasteiger partial charge >= 0.3 is 0 Å². The standard InChI is InChI=1S/C22H27N3O4S/c1-15-5-9-18(10-6-15)25-14-16(13-20(25)26)21(27)23-17-7-11-19(12-8-17)30(28,29)24-22(2,3)4/h5-12,16,24H,13-14H2,1-4H3,(H,23,27). The first-order valence-electron chi connectivity index (χ1n) is 9.76. The summed E-state index contributed by atoms with van der Waals surface area (Å²) in [6.07, 6.45) is 0.141. The predicted octanol–water partition coefficient (Wildman–Crippen LogP) is 3.06. The summed E-state index contributed by atoms with van der Waals surface area (Å²) in [6.45, 7) is 7.59. The SMILES string of the molecule is Cc1ccc(N2CC(C(=O)Nc3ccc(S(=O)(=O)NC(C)(C)C)cc3)CC2=O)cc1. The average molecular weight is 430 g/mol. The summed E-state index contributed by atoms with van der Waals surface area (Å²) < 4.78 is 27.3. The molecule has 0 bridgehead atoms. The van der Waals surface area contributed by atoms with Crippen LogP contribution in [-0.4, -0.2) is 32.3 Å². The molecule has 1 heterocycles. The summed E-state index contributed by atoms with van der Waals surface area (Å²) in [5, 5.41) is 2.78. The number of hydrogen-bond acceptors (Lipinski definition) is 4. The fourth-order valence-corrected chi connectivity index (χ4v) is 4.70. The topological polar surface area (TPSA) is 95.6 Å². The summed E-state index contributed by atoms with van der Waals surface area (Å²) in [7, 11) is -3.64. The van der Waals surface area contributed by atoms with Crippen LogP contribution in [0.4, 0.5) is 11.4 Å². The fraction of sp³-hybridized carbons (Fsp3) is 0.364. The van der Waals surface area contributed by atoms with Gasteiger partial charge in [0.2, 0.25) is 21.8 Å². The minimum Gasteiger partial charge on any atom is -0.326 e. The van der Waals surface area contributed by atoms with Gasteiger partial charge in [-0.1, -0.05) is 17.7 Å². The molecule has 1 unspecified atom stereocenters. The number of carbonyl (C=O) groups excluding carboxylic acids is 2. The first kappa shape index (κ1) is 22.0. The van der Waals surface area contributed by atoms with E-state index in [1.807, 2.05) is 31.2 Å². The lowest BCUT2D eigenvalue weighted by Crippen LogP contribution is -2.40. The van der Waals surface area contributed by atoms with Crippen LogP contribution in [0, 0.1) is 12.8 Å². The molecule has 8 heteroatoms. The smallest absolute Gasteiger partial charge is 0.241 e. The number of nitrogens with zero attached hydrogens (tertiary/aromatic N) is 1. The van der Waals surface area contributed by atoms with Crippen molar-refractivity contribution in [2.45, 2.75) is 44.6 Å². The van der Waals surface area contributed by atoms with Gasteiger partial charge in [0.1, 0.15) is 0 Å². The van der Waals surface area contributed by atoms with Crippen LogP contribution in [-0.2, 0) is 19.6 Å². The van der Waals surface area contributed by atoms with E-state index >= 15 is 0 Å². The lowest BCUT2D eigenvalue weighted by Gasteiger charge is -2.20. The number of amides is 2. The van der Waals surface area contributed by atoms with Gasteiger partial charge in [0.05, 0.1) is 10.8 Å². The number of anilines is 2. The highest BCUT2D eigenvalue weighted by molar-refractivity contribution is 7.89. The molecule has 0 radical (unpaired) electrons. The summed E-state index contributed by atoms with van der Waals surface area (Å²) in [5.41, 5.74) is 1.77. The van der Waals surface area contributed by atoms with Gasteiger partial charge in [0.15, 0.2) is 0 Å². The van der Waals surface area contributed by atoms with E-state index in [0.717, 1.165) is 11.3 Å². The van der Waals surface area contributed by atoms with Crippen molar-refractivity contribution in [3.8, 4) is 0 Å². The van der Waals surface area contributed by atoms with Crippen LogP contribution in [0.15, 0.2) is 53.4 Å². The Kier molecular flexibility index (Phi) is 6.01. The molecular weight excluding hydrogens is 402 g/mol. The van der Waals surface area contributed by atoms with Gasteiger partial charge in [0, 0.05) is 29.9 Å². The lowest BCUT2D eigenvalue weighted by molar-refractivity contribution is -0.122. The third-order valence-corrected chi connectivity index (χ3v) is 6.49. The van der Waals surface area contributed by atoms with E-state index < -0.39 is 21.5 Å². The Bertz CT molecular complexity index is 1040. The molecule has 160 valence electrons. The van der Waals surface area contributed by atoms with Crippen LogP contribution < -0.4 is 14.9 Å². The Labute approximate surface area is 177 Å². The molecule has 2 aromatic rings. The third kappa shape index (κ3) is 5.25. The van der Waals surface area contributed by atoms with Crippen molar-refractivity contribution in [3.05, 3.63) is 54.1 Å². The van der Waals surface area contributed by atoms with Crippen molar-refractivity contribution in [1.29, 1.82) is 0 Å². The fourth-order valence-electron chi connectivity index (χ4n) is 3.28. The van der Waals surface area contributed by atoms with Crippen molar-refractivity contribution < 1.29 is 18.0 Å². The maximum absolute atomic E-state index is 12.6. The zero-order valence-electron chi connectivity index (χ0n) is 17.6. The molecular formula is C22H27N3O4S. The number of aryl methyl sites for hydroxylation is 1. The number of benzene rings is 2. The average Bonchev–Trinajstić information content (AvgIpc) is 3.03. The number of hydrogen-bond donors (Lipinski definition) is 2. The molecule has 1 fully saturated rings. The normalized spacial score (nSPS) is 17.3. The van der Waals surface area contributed by atoms with E-state index in [1.54, 1.807) is 37.8 Å². The van der Waals surface area contributed by atoms with Crippen LogP contribution in [0.1, 0.15) is 32.8 Å². The van der Waals surface area contributed by atoms with E-state index in [9.17, 15) is 18.0 Å². The molecule has 1 saturated heterocycles. The Balaban J connectivity index is 1.65. The van der Waals surface area contributed by atoms with Crippen molar-refractivity contribution in [2.75, 3.05) is 16.8 Å². The number of carbonyl (C=O) groups is 2. The molecule has 2 aromatic carbocycles. The Morgan fingerprint density at radius 1 is 1.03 bits per heavy atom. The van der Waals surface area contributed by atoms with Gasteiger partial charge in [-0.25, -0.2) is 13.1 Å². The summed E-state index contributed by atoms with van der Waals surface area (Å²) in [5.74, 6) is -0.820. The maximum atomic E-state index is 12.6. The summed E-state index contributed by atoms with van der Waals surface area (Å²) in [6, 6.07) is 13.6. The van der Waals surface area contributed by atoms with Crippen LogP contribution in [0.5, 0.6) is 0 Å². The molecule has 1 aliphatic heterocycles. The quantitative estimate of drug-likeness (QED) is 0.764. The minimum atomic E-state index is -3.64. The molecule has 0 aromatic heterocycles. The zero-order valence-corrected chi connectivity index (χ0v) is 18.4. The molecule has 7 nitrogen and oxygen atoms in total. The third-order valence-electron chi connectivity index (χ3n) is 4.71.